The molecule has 0 aliphatic rings. The van der Waals surface area contributed by atoms with Crippen LogP contribution in [-0.2, 0) is 0 Å². The van der Waals surface area contributed by atoms with Crippen LogP contribution in [0.4, 0.5) is 0 Å². The standard InChI is InChI=1S/C12H23Cl3/c13-11-9-7-5-3-1-2-4-6-8-10-12(14)15/h12H,1-11H2. The van der Waals surface area contributed by atoms with Crippen molar-refractivity contribution in [2.24, 2.45) is 0 Å². The zero-order valence-electron chi connectivity index (χ0n) is 9.49. The highest BCUT2D eigenvalue weighted by molar-refractivity contribution is 6.44. The summed E-state index contributed by atoms with van der Waals surface area (Å²) >= 11 is 16.9. The summed E-state index contributed by atoms with van der Waals surface area (Å²) in [6.45, 7) is 0. The Bertz CT molecular complexity index is 115. The predicted molar refractivity (Wildman–Crippen MR) is 72.4 cm³/mol. The van der Waals surface area contributed by atoms with E-state index in [0.717, 1.165) is 12.3 Å². The summed E-state index contributed by atoms with van der Waals surface area (Å²) in [4.78, 5) is -0.166. The normalized spacial score (nSPS) is 11.2. The maximum atomic E-state index is 5.64. The van der Waals surface area contributed by atoms with E-state index in [2.05, 4.69) is 0 Å². The Morgan fingerprint density at radius 1 is 0.600 bits per heavy atom. The molecule has 0 aromatic heterocycles. The topological polar surface area (TPSA) is 0 Å². The summed E-state index contributed by atoms with van der Waals surface area (Å²) in [5.41, 5.74) is 0. The van der Waals surface area contributed by atoms with Crippen LogP contribution < -0.4 is 0 Å². The van der Waals surface area contributed by atoms with Gasteiger partial charge in [-0.05, 0) is 12.8 Å². The number of alkyl halides is 3. The predicted octanol–water partition coefficient (Wildman–Crippen LogP) is 5.93. The van der Waals surface area contributed by atoms with Crippen LogP contribution in [0, 0.1) is 0 Å². The van der Waals surface area contributed by atoms with Gasteiger partial charge in [0.1, 0.15) is 4.84 Å². The van der Waals surface area contributed by atoms with Gasteiger partial charge >= 0.3 is 0 Å². The molecule has 0 N–H and O–H groups in total. The first-order valence-corrected chi connectivity index (χ1v) is 7.52. The van der Waals surface area contributed by atoms with E-state index in [4.69, 9.17) is 34.8 Å². The van der Waals surface area contributed by atoms with Crippen LogP contribution in [0.15, 0.2) is 0 Å². The molecule has 0 aromatic rings. The zero-order chi connectivity index (χ0) is 11.4. The Morgan fingerprint density at radius 2 is 1.00 bits per heavy atom. The van der Waals surface area contributed by atoms with Gasteiger partial charge in [0.05, 0.1) is 0 Å². The average molecular weight is 274 g/mol. The van der Waals surface area contributed by atoms with Gasteiger partial charge in [-0.1, -0.05) is 51.4 Å². The maximum Gasteiger partial charge on any atom is 0.107 e. The summed E-state index contributed by atoms with van der Waals surface area (Å²) in [6, 6.07) is 0. The minimum Gasteiger partial charge on any atom is -0.127 e. The lowest BCUT2D eigenvalue weighted by Crippen LogP contribution is -1.87. The lowest BCUT2D eigenvalue weighted by molar-refractivity contribution is 0.561. The van der Waals surface area contributed by atoms with Crippen molar-refractivity contribution in [1.29, 1.82) is 0 Å². The highest BCUT2D eigenvalue weighted by Gasteiger charge is 1.97. The summed E-state index contributed by atoms with van der Waals surface area (Å²) in [5.74, 6) is 0.817. The van der Waals surface area contributed by atoms with Crippen molar-refractivity contribution in [2.45, 2.75) is 69.0 Å². The second-order valence-electron chi connectivity index (χ2n) is 4.05. The molecule has 0 aromatic carbocycles. The molecule has 0 radical (unpaired) electrons. The Balaban J connectivity index is 2.87. The molecule has 3 heteroatoms. The summed E-state index contributed by atoms with van der Waals surface area (Å²) in [5, 5.41) is 0. The molecule has 0 unspecified atom stereocenters. The molecule has 0 fully saturated rings. The number of rotatable bonds is 11. The number of hydrogen-bond donors (Lipinski definition) is 0. The molecule has 0 spiro atoms. The summed E-state index contributed by atoms with van der Waals surface area (Å²) in [6.07, 6.45) is 12.6. The van der Waals surface area contributed by atoms with Crippen LogP contribution in [0.1, 0.15) is 64.2 Å². The van der Waals surface area contributed by atoms with Crippen molar-refractivity contribution in [3.8, 4) is 0 Å². The molecule has 0 aliphatic carbocycles. The van der Waals surface area contributed by atoms with Gasteiger partial charge in [0, 0.05) is 5.88 Å². The summed E-state index contributed by atoms with van der Waals surface area (Å²) < 4.78 is 0. The first-order valence-electron chi connectivity index (χ1n) is 6.11. The van der Waals surface area contributed by atoms with E-state index in [1.54, 1.807) is 0 Å². The first-order chi connectivity index (χ1) is 7.27. The SMILES string of the molecule is ClCCCCCCCCCCCC(Cl)Cl. The van der Waals surface area contributed by atoms with Crippen LogP contribution in [0.2, 0.25) is 0 Å². The van der Waals surface area contributed by atoms with Crippen molar-refractivity contribution < 1.29 is 0 Å². The molecule has 0 aliphatic heterocycles. The van der Waals surface area contributed by atoms with E-state index in [1.165, 1.54) is 57.8 Å². The quantitative estimate of drug-likeness (QED) is 0.323. The molecule has 0 atom stereocenters. The average Bonchev–Trinajstić information content (AvgIpc) is 2.20. The number of hydrogen-bond acceptors (Lipinski definition) is 0. The molecule has 92 valence electrons. The van der Waals surface area contributed by atoms with E-state index in [9.17, 15) is 0 Å². The van der Waals surface area contributed by atoms with Crippen molar-refractivity contribution >= 4 is 34.8 Å². The highest BCUT2D eigenvalue weighted by atomic mass is 35.5. The van der Waals surface area contributed by atoms with Crippen LogP contribution in [0.3, 0.4) is 0 Å². The third-order valence-corrected chi connectivity index (χ3v) is 3.26. The lowest BCUT2D eigenvalue weighted by atomic mass is 10.1. The second kappa shape index (κ2) is 12.9. The number of halogens is 3. The van der Waals surface area contributed by atoms with Crippen LogP contribution >= 0.6 is 34.8 Å². The smallest absolute Gasteiger partial charge is 0.107 e. The molecule has 0 nitrogen and oxygen atoms in total. The van der Waals surface area contributed by atoms with E-state index < -0.39 is 0 Å². The second-order valence-corrected chi connectivity index (χ2v) is 5.71. The van der Waals surface area contributed by atoms with E-state index >= 15 is 0 Å². The van der Waals surface area contributed by atoms with Gasteiger partial charge in [0.25, 0.3) is 0 Å². The monoisotopic (exact) mass is 272 g/mol. The van der Waals surface area contributed by atoms with E-state index in [-0.39, 0.29) is 4.84 Å². The fourth-order valence-corrected chi connectivity index (χ4v) is 2.13. The van der Waals surface area contributed by atoms with Crippen molar-refractivity contribution in [2.75, 3.05) is 5.88 Å². The van der Waals surface area contributed by atoms with Gasteiger partial charge in [-0.2, -0.15) is 0 Å². The van der Waals surface area contributed by atoms with Crippen molar-refractivity contribution in [3.63, 3.8) is 0 Å². The number of unbranched alkanes of at least 4 members (excludes halogenated alkanes) is 8. The largest absolute Gasteiger partial charge is 0.127 e. The van der Waals surface area contributed by atoms with Gasteiger partial charge in [-0.3, -0.25) is 0 Å². The molecule has 0 saturated carbocycles. The van der Waals surface area contributed by atoms with E-state index in [1.807, 2.05) is 0 Å². The molecule has 0 amide bonds. The van der Waals surface area contributed by atoms with Crippen LogP contribution in [0.5, 0.6) is 0 Å². The summed E-state index contributed by atoms with van der Waals surface area (Å²) in [7, 11) is 0. The third kappa shape index (κ3) is 14.9. The molecule has 0 rings (SSSR count). The van der Waals surface area contributed by atoms with Gasteiger partial charge in [0.2, 0.25) is 0 Å². The Labute approximate surface area is 110 Å². The van der Waals surface area contributed by atoms with Gasteiger partial charge < -0.3 is 0 Å². The Hall–Kier alpha value is 0.870. The Kier molecular flexibility index (Phi) is 13.7. The van der Waals surface area contributed by atoms with Crippen molar-refractivity contribution in [3.05, 3.63) is 0 Å². The van der Waals surface area contributed by atoms with Crippen LogP contribution in [0.25, 0.3) is 0 Å². The fourth-order valence-electron chi connectivity index (χ4n) is 1.63. The van der Waals surface area contributed by atoms with Gasteiger partial charge in [-0.25, -0.2) is 0 Å². The van der Waals surface area contributed by atoms with E-state index in [0.29, 0.717) is 0 Å². The fraction of sp³-hybridized carbons (Fsp3) is 1.00. The van der Waals surface area contributed by atoms with Gasteiger partial charge in [0.15, 0.2) is 0 Å². The zero-order valence-corrected chi connectivity index (χ0v) is 11.8. The molecule has 0 heterocycles. The van der Waals surface area contributed by atoms with Gasteiger partial charge in [-0.15, -0.1) is 34.8 Å². The molecule has 0 saturated heterocycles. The minimum atomic E-state index is -0.166. The molecular formula is C12H23Cl3. The first kappa shape index (κ1) is 15.9. The van der Waals surface area contributed by atoms with Crippen LogP contribution in [-0.4, -0.2) is 10.7 Å². The molecule has 0 bridgehead atoms. The molecular weight excluding hydrogens is 250 g/mol. The highest BCUT2D eigenvalue weighted by Crippen LogP contribution is 2.14. The minimum absolute atomic E-state index is 0.166. The lowest BCUT2D eigenvalue weighted by Gasteiger charge is -2.02. The third-order valence-electron chi connectivity index (χ3n) is 2.56. The Morgan fingerprint density at radius 3 is 1.40 bits per heavy atom. The van der Waals surface area contributed by atoms with Crippen molar-refractivity contribution in [1.82, 2.24) is 0 Å². The molecule has 15 heavy (non-hydrogen) atoms. The maximum absolute atomic E-state index is 5.64.